The zero-order chi connectivity index (χ0) is 15.8. The van der Waals surface area contributed by atoms with E-state index in [-0.39, 0.29) is 0 Å². The van der Waals surface area contributed by atoms with Crippen LogP contribution in [0.3, 0.4) is 0 Å². The van der Waals surface area contributed by atoms with E-state index in [0.29, 0.717) is 11.6 Å². The Labute approximate surface area is 137 Å². The van der Waals surface area contributed by atoms with Gasteiger partial charge in [0.15, 0.2) is 0 Å². The minimum atomic E-state index is -3.40. The van der Waals surface area contributed by atoms with Crippen molar-refractivity contribution in [1.82, 2.24) is 9.62 Å². The lowest BCUT2D eigenvalue weighted by atomic mass is 10.2. The summed E-state index contributed by atoms with van der Waals surface area (Å²) >= 11 is 5.78. The molecule has 0 amide bonds. The third-order valence-electron chi connectivity index (χ3n) is 3.37. The summed E-state index contributed by atoms with van der Waals surface area (Å²) in [5.41, 5.74) is 0.795. The van der Waals surface area contributed by atoms with Gasteiger partial charge in [0.2, 0.25) is 10.0 Å². The second-order valence-corrected chi connectivity index (χ2v) is 7.19. The third kappa shape index (κ3) is 6.46. The first-order valence-electron chi connectivity index (χ1n) is 7.29. The molecular formula is C15H21ClN2O3S. The minimum absolute atomic E-state index is 0.435. The Morgan fingerprint density at radius 2 is 1.91 bits per heavy atom. The summed E-state index contributed by atoms with van der Waals surface area (Å²) in [6.45, 7) is 4.68. The van der Waals surface area contributed by atoms with Gasteiger partial charge in [0, 0.05) is 30.1 Å². The van der Waals surface area contributed by atoms with Crippen molar-refractivity contribution in [3.63, 3.8) is 0 Å². The van der Waals surface area contributed by atoms with Crippen LogP contribution in [0.1, 0.15) is 12.0 Å². The smallest absolute Gasteiger partial charge is 0.233 e. The maximum absolute atomic E-state index is 11.9. The van der Waals surface area contributed by atoms with Gasteiger partial charge in [0.1, 0.15) is 0 Å². The van der Waals surface area contributed by atoms with Crippen molar-refractivity contribution in [1.29, 1.82) is 0 Å². The lowest BCUT2D eigenvalue weighted by molar-refractivity contribution is 0.0376. The molecule has 1 aliphatic heterocycles. The summed E-state index contributed by atoms with van der Waals surface area (Å²) in [6.07, 6.45) is 2.34. The van der Waals surface area contributed by atoms with Crippen molar-refractivity contribution < 1.29 is 13.2 Å². The van der Waals surface area contributed by atoms with E-state index in [4.69, 9.17) is 16.3 Å². The molecule has 0 bridgehead atoms. The summed E-state index contributed by atoms with van der Waals surface area (Å²) in [5, 5.41) is 1.81. The van der Waals surface area contributed by atoms with Gasteiger partial charge >= 0.3 is 0 Å². The molecule has 1 aromatic rings. The van der Waals surface area contributed by atoms with E-state index in [1.807, 2.05) is 0 Å². The molecule has 0 radical (unpaired) electrons. The molecular weight excluding hydrogens is 324 g/mol. The number of morpholine rings is 1. The fourth-order valence-electron chi connectivity index (χ4n) is 2.13. The molecule has 22 heavy (non-hydrogen) atoms. The number of nitrogens with one attached hydrogen (secondary N) is 1. The van der Waals surface area contributed by atoms with Crippen molar-refractivity contribution >= 4 is 27.7 Å². The fourth-order valence-corrected chi connectivity index (χ4v) is 3.12. The third-order valence-corrected chi connectivity index (χ3v) is 4.72. The highest BCUT2D eigenvalue weighted by Crippen LogP contribution is 2.11. The van der Waals surface area contributed by atoms with Crippen LogP contribution >= 0.6 is 11.6 Å². The maximum Gasteiger partial charge on any atom is 0.233 e. The minimum Gasteiger partial charge on any atom is -0.379 e. The molecule has 1 aromatic carbocycles. The molecule has 0 atom stereocenters. The molecule has 0 saturated carbocycles. The zero-order valence-electron chi connectivity index (χ0n) is 12.4. The van der Waals surface area contributed by atoms with Gasteiger partial charge in [-0.2, -0.15) is 0 Å². The Hall–Kier alpha value is -0.920. The Bertz CT molecular complexity index is 581. The maximum atomic E-state index is 11.9. The average Bonchev–Trinajstić information content (AvgIpc) is 2.52. The van der Waals surface area contributed by atoms with Crippen LogP contribution in [0, 0.1) is 0 Å². The number of hydrogen-bond acceptors (Lipinski definition) is 4. The van der Waals surface area contributed by atoms with Crippen LogP contribution in [0.5, 0.6) is 0 Å². The first-order valence-corrected chi connectivity index (χ1v) is 9.21. The van der Waals surface area contributed by atoms with Gasteiger partial charge in [-0.05, 0) is 36.7 Å². The van der Waals surface area contributed by atoms with Gasteiger partial charge in [-0.25, -0.2) is 13.1 Å². The summed E-state index contributed by atoms with van der Waals surface area (Å²) < 4.78 is 31.6. The SMILES string of the molecule is O=S(=O)(C=Cc1ccc(Cl)cc1)NCCCN1CCOCC1. The molecule has 0 aromatic heterocycles. The number of sulfonamides is 1. The molecule has 2 rings (SSSR count). The van der Waals surface area contributed by atoms with Crippen LogP contribution in [-0.2, 0) is 14.8 Å². The van der Waals surface area contributed by atoms with E-state index in [2.05, 4.69) is 9.62 Å². The number of halogens is 1. The molecule has 7 heteroatoms. The first kappa shape index (κ1) is 17.4. The Morgan fingerprint density at radius 3 is 2.59 bits per heavy atom. The molecule has 0 spiro atoms. The second kappa shape index (κ2) is 8.64. The lowest BCUT2D eigenvalue weighted by Crippen LogP contribution is -2.38. The van der Waals surface area contributed by atoms with Crippen LogP contribution in [0.2, 0.25) is 5.02 Å². The molecule has 0 unspecified atom stereocenters. The summed E-state index contributed by atoms with van der Waals surface area (Å²) in [4.78, 5) is 2.28. The highest BCUT2D eigenvalue weighted by atomic mass is 35.5. The molecule has 0 aliphatic carbocycles. The molecule has 1 fully saturated rings. The standard InChI is InChI=1S/C15H21ClN2O3S/c16-15-4-2-14(3-5-15)6-13-22(19,20)17-7-1-8-18-9-11-21-12-10-18/h2-6,13,17H,1,7-12H2. The van der Waals surface area contributed by atoms with Crippen molar-refractivity contribution in [2.45, 2.75) is 6.42 Å². The Balaban J connectivity index is 1.72. The van der Waals surface area contributed by atoms with Gasteiger partial charge < -0.3 is 4.74 Å². The number of ether oxygens (including phenoxy) is 1. The largest absolute Gasteiger partial charge is 0.379 e. The number of hydrogen-bond donors (Lipinski definition) is 1. The van der Waals surface area contributed by atoms with E-state index in [0.717, 1.165) is 44.8 Å². The summed E-state index contributed by atoms with van der Waals surface area (Å²) in [7, 11) is -3.40. The molecule has 1 N–H and O–H groups in total. The predicted molar refractivity (Wildman–Crippen MR) is 89.3 cm³/mol. The zero-order valence-corrected chi connectivity index (χ0v) is 13.9. The Kier molecular flexibility index (Phi) is 6.85. The number of nitrogens with zero attached hydrogens (tertiary/aromatic N) is 1. The lowest BCUT2D eigenvalue weighted by Gasteiger charge is -2.26. The number of benzene rings is 1. The average molecular weight is 345 g/mol. The van der Waals surface area contributed by atoms with E-state index in [1.54, 1.807) is 30.3 Å². The van der Waals surface area contributed by atoms with Crippen molar-refractivity contribution in [3.05, 3.63) is 40.3 Å². The van der Waals surface area contributed by atoms with E-state index < -0.39 is 10.0 Å². The van der Waals surface area contributed by atoms with E-state index >= 15 is 0 Å². The predicted octanol–water partition coefficient (Wildman–Crippen LogP) is 1.95. The van der Waals surface area contributed by atoms with E-state index in [1.165, 1.54) is 5.41 Å². The molecule has 122 valence electrons. The van der Waals surface area contributed by atoms with Crippen molar-refractivity contribution in [3.8, 4) is 0 Å². The van der Waals surface area contributed by atoms with Crippen LogP contribution in [0.15, 0.2) is 29.7 Å². The van der Waals surface area contributed by atoms with Gasteiger partial charge in [-0.1, -0.05) is 23.7 Å². The van der Waals surface area contributed by atoms with Crippen LogP contribution in [0.4, 0.5) is 0 Å². The van der Waals surface area contributed by atoms with Gasteiger partial charge in [-0.3, -0.25) is 4.90 Å². The number of rotatable bonds is 7. The van der Waals surface area contributed by atoms with Gasteiger partial charge in [0.05, 0.1) is 13.2 Å². The molecule has 1 heterocycles. The van der Waals surface area contributed by atoms with Crippen molar-refractivity contribution in [2.75, 3.05) is 39.4 Å². The normalized spacial score (nSPS) is 17.1. The van der Waals surface area contributed by atoms with E-state index in [9.17, 15) is 8.42 Å². The summed E-state index contributed by atoms with van der Waals surface area (Å²) in [5.74, 6) is 0. The van der Waals surface area contributed by atoms with Gasteiger partial charge in [-0.15, -0.1) is 0 Å². The second-order valence-electron chi connectivity index (χ2n) is 5.10. The topological polar surface area (TPSA) is 58.6 Å². The quantitative estimate of drug-likeness (QED) is 0.768. The highest BCUT2D eigenvalue weighted by Gasteiger charge is 2.10. The molecule has 1 aliphatic rings. The van der Waals surface area contributed by atoms with Crippen LogP contribution < -0.4 is 4.72 Å². The highest BCUT2D eigenvalue weighted by molar-refractivity contribution is 7.92. The van der Waals surface area contributed by atoms with Crippen molar-refractivity contribution in [2.24, 2.45) is 0 Å². The van der Waals surface area contributed by atoms with Gasteiger partial charge in [0.25, 0.3) is 0 Å². The van der Waals surface area contributed by atoms with Crippen LogP contribution in [0.25, 0.3) is 6.08 Å². The molecule has 1 saturated heterocycles. The Morgan fingerprint density at radius 1 is 1.23 bits per heavy atom. The summed E-state index contributed by atoms with van der Waals surface area (Å²) in [6, 6.07) is 6.99. The monoisotopic (exact) mass is 344 g/mol. The fraction of sp³-hybridized carbons (Fsp3) is 0.467. The molecule has 5 nitrogen and oxygen atoms in total. The van der Waals surface area contributed by atoms with Crippen LogP contribution in [-0.4, -0.2) is 52.7 Å². The first-order chi connectivity index (χ1) is 10.6.